The monoisotopic (exact) mass is 494 g/mol. The Balaban J connectivity index is 0.000000384. The van der Waals surface area contributed by atoms with Crippen molar-refractivity contribution in [2.24, 2.45) is 5.92 Å². The summed E-state index contributed by atoms with van der Waals surface area (Å²) in [6, 6.07) is 27.9. The third-order valence-corrected chi connectivity index (χ3v) is 6.19. The van der Waals surface area contributed by atoms with E-state index in [1.165, 1.54) is 36.0 Å². The molecule has 1 heterocycles. The lowest BCUT2D eigenvalue weighted by atomic mass is 9.95. The molecule has 5 rings (SSSR count). The predicted octanol–water partition coefficient (Wildman–Crippen LogP) is 6.57. The van der Waals surface area contributed by atoms with E-state index in [2.05, 4.69) is 65.8 Å². The Morgan fingerprint density at radius 1 is 0.917 bits per heavy atom. The minimum absolute atomic E-state index is 0.333. The van der Waals surface area contributed by atoms with Gasteiger partial charge in [-0.05, 0) is 65.5 Å². The molecule has 0 spiro atoms. The molecule has 0 radical (unpaired) electrons. The Hall–Kier alpha value is -4.07. The summed E-state index contributed by atoms with van der Waals surface area (Å²) in [5.74, 6) is -1.65. The van der Waals surface area contributed by atoms with Crippen LogP contribution in [0.5, 0.6) is 0 Å². The Bertz CT molecular complexity index is 1310. The minimum Gasteiger partial charge on any atom is -0.475 e. The molecular formula is C28H25F3N2O3. The van der Waals surface area contributed by atoms with Gasteiger partial charge in [0.1, 0.15) is 5.69 Å². The fourth-order valence-corrected chi connectivity index (χ4v) is 4.37. The number of benzene rings is 3. The van der Waals surface area contributed by atoms with Crippen LogP contribution in [0, 0.1) is 5.92 Å². The Morgan fingerprint density at radius 3 is 2.08 bits per heavy atom. The first-order valence-corrected chi connectivity index (χ1v) is 11.5. The number of carbonyl (C=O) groups is 1. The van der Waals surface area contributed by atoms with Crippen molar-refractivity contribution < 1.29 is 27.6 Å². The summed E-state index contributed by atoms with van der Waals surface area (Å²) in [5.41, 5.74) is 14.3. The fourth-order valence-electron chi connectivity index (χ4n) is 4.37. The van der Waals surface area contributed by atoms with Crippen molar-refractivity contribution >= 4 is 11.9 Å². The molecule has 1 aromatic heterocycles. The first-order chi connectivity index (χ1) is 17.2. The molecule has 1 aliphatic rings. The van der Waals surface area contributed by atoms with E-state index in [1.807, 2.05) is 12.1 Å². The van der Waals surface area contributed by atoms with E-state index in [4.69, 9.17) is 20.2 Å². The second kappa shape index (κ2) is 10.7. The number of fused-ring (bicyclic) bond motifs is 1. The molecule has 5 nitrogen and oxygen atoms in total. The van der Waals surface area contributed by atoms with Gasteiger partial charge in [0, 0.05) is 11.6 Å². The number of nitrogen functional groups attached to an aromatic ring is 1. The van der Waals surface area contributed by atoms with Crippen LogP contribution in [0.15, 0.2) is 83.4 Å². The number of alkyl halides is 3. The molecule has 3 N–H and O–H groups in total. The molecule has 0 bridgehead atoms. The quantitative estimate of drug-likeness (QED) is 0.327. The summed E-state index contributed by atoms with van der Waals surface area (Å²) in [5, 5.41) is 11.1. The van der Waals surface area contributed by atoms with Crippen molar-refractivity contribution in [1.29, 1.82) is 0 Å². The summed E-state index contributed by atoms with van der Waals surface area (Å²) in [7, 11) is 0. The van der Waals surface area contributed by atoms with Crippen molar-refractivity contribution in [3.05, 3.63) is 95.6 Å². The second-order valence-electron chi connectivity index (χ2n) is 8.78. The van der Waals surface area contributed by atoms with Gasteiger partial charge in [-0.25, -0.2) is 4.79 Å². The first kappa shape index (κ1) is 25.0. The largest absolute Gasteiger partial charge is 0.490 e. The third-order valence-electron chi connectivity index (χ3n) is 6.19. The van der Waals surface area contributed by atoms with Gasteiger partial charge >= 0.3 is 12.1 Å². The van der Waals surface area contributed by atoms with Crippen LogP contribution in [-0.2, 0) is 24.1 Å². The van der Waals surface area contributed by atoms with Gasteiger partial charge in [-0.15, -0.1) is 0 Å². The van der Waals surface area contributed by atoms with Crippen molar-refractivity contribution in [2.45, 2.75) is 31.9 Å². The van der Waals surface area contributed by atoms with Crippen molar-refractivity contribution in [2.75, 3.05) is 5.73 Å². The molecule has 1 aliphatic carbocycles. The van der Waals surface area contributed by atoms with Gasteiger partial charge in [0.05, 0.1) is 0 Å². The van der Waals surface area contributed by atoms with Crippen LogP contribution in [0.3, 0.4) is 0 Å². The molecule has 4 aromatic rings. The predicted molar refractivity (Wildman–Crippen MR) is 131 cm³/mol. The van der Waals surface area contributed by atoms with E-state index < -0.39 is 12.1 Å². The molecule has 0 saturated heterocycles. The molecule has 0 fully saturated rings. The maximum Gasteiger partial charge on any atom is 0.490 e. The van der Waals surface area contributed by atoms with Crippen LogP contribution in [0.2, 0.25) is 0 Å². The number of carboxylic acids is 1. The molecule has 8 heteroatoms. The van der Waals surface area contributed by atoms with E-state index in [9.17, 15) is 13.2 Å². The number of hydrogen-bond donors (Lipinski definition) is 2. The number of aromatic nitrogens is 1. The molecule has 0 unspecified atom stereocenters. The molecule has 0 amide bonds. The van der Waals surface area contributed by atoms with Gasteiger partial charge in [-0.1, -0.05) is 71.9 Å². The van der Waals surface area contributed by atoms with Crippen LogP contribution < -0.4 is 5.73 Å². The zero-order valence-corrected chi connectivity index (χ0v) is 19.3. The smallest absolute Gasteiger partial charge is 0.475 e. The van der Waals surface area contributed by atoms with E-state index in [-0.39, 0.29) is 0 Å². The highest BCUT2D eigenvalue weighted by atomic mass is 19.4. The average Bonchev–Trinajstić information content (AvgIpc) is 3.49. The molecule has 36 heavy (non-hydrogen) atoms. The molecule has 3 aromatic carbocycles. The van der Waals surface area contributed by atoms with E-state index in [1.54, 1.807) is 17.2 Å². The van der Waals surface area contributed by atoms with Crippen LogP contribution in [0.25, 0.3) is 22.4 Å². The topological polar surface area (TPSA) is 89.4 Å². The number of anilines is 1. The van der Waals surface area contributed by atoms with Crippen LogP contribution in [0.4, 0.5) is 19.1 Å². The molecule has 0 atom stereocenters. The summed E-state index contributed by atoms with van der Waals surface area (Å²) < 4.78 is 36.7. The summed E-state index contributed by atoms with van der Waals surface area (Å²) in [6.45, 7) is 0. The Morgan fingerprint density at radius 2 is 1.53 bits per heavy atom. The third kappa shape index (κ3) is 6.33. The Labute approximate surface area is 206 Å². The zero-order chi connectivity index (χ0) is 25.7. The highest BCUT2D eigenvalue weighted by Crippen LogP contribution is 2.30. The zero-order valence-electron chi connectivity index (χ0n) is 19.3. The standard InChI is InChI=1S/C26H24N2O.C2HF3O2/c27-26-17-25(28-29-26)24-7-3-6-23(16-24)20-12-10-18(11-13-20)8-9-19-14-21-4-1-2-5-22(21)15-19;3-2(4,5)1(6)7/h1-7,10-13,16-17,19H,8-9,14-15,27H2;(H,6,7). The lowest BCUT2D eigenvalue weighted by Crippen LogP contribution is -2.21. The highest BCUT2D eigenvalue weighted by Gasteiger charge is 2.38. The van der Waals surface area contributed by atoms with Crippen molar-refractivity contribution in [3.8, 4) is 22.4 Å². The summed E-state index contributed by atoms with van der Waals surface area (Å²) in [6.07, 6.45) is -0.241. The summed E-state index contributed by atoms with van der Waals surface area (Å²) >= 11 is 0. The van der Waals surface area contributed by atoms with Crippen LogP contribution in [-0.4, -0.2) is 22.4 Å². The van der Waals surface area contributed by atoms with Gasteiger partial charge in [0.2, 0.25) is 5.88 Å². The van der Waals surface area contributed by atoms with Gasteiger partial charge in [-0.3, -0.25) is 0 Å². The maximum absolute atomic E-state index is 10.6. The van der Waals surface area contributed by atoms with Crippen LogP contribution in [0.1, 0.15) is 23.1 Å². The molecule has 0 aliphatic heterocycles. The Kier molecular flexibility index (Phi) is 7.43. The SMILES string of the molecule is Nc1cc(-c2cccc(-c3ccc(CCC4Cc5ccccc5C4)cc3)c2)no1.O=C(O)C(F)(F)F. The van der Waals surface area contributed by atoms with Gasteiger partial charge in [-0.2, -0.15) is 13.2 Å². The fraction of sp³-hybridized carbons (Fsp3) is 0.214. The number of aliphatic carboxylic acids is 1. The number of rotatable bonds is 5. The number of halogens is 3. The second-order valence-corrected chi connectivity index (χ2v) is 8.78. The van der Waals surface area contributed by atoms with Crippen LogP contribution >= 0.6 is 0 Å². The van der Waals surface area contributed by atoms with E-state index in [0.717, 1.165) is 23.6 Å². The highest BCUT2D eigenvalue weighted by molar-refractivity contribution is 5.73. The minimum atomic E-state index is -5.08. The van der Waals surface area contributed by atoms with E-state index in [0.29, 0.717) is 5.88 Å². The number of aryl methyl sites for hydroxylation is 1. The first-order valence-electron chi connectivity index (χ1n) is 11.5. The molecule has 186 valence electrons. The average molecular weight is 495 g/mol. The van der Waals surface area contributed by atoms with Crippen molar-refractivity contribution in [1.82, 2.24) is 5.16 Å². The number of nitrogens with two attached hydrogens (primary N) is 1. The van der Waals surface area contributed by atoms with Gasteiger partial charge in [0.25, 0.3) is 0 Å². The lowest BCUT2D eigenvalue weighted by Gasteiger charge is -2.10. The van der Waals surface area contributed by atoms with Crippen molar-refractivity contribution in [3.63, 3.8) is 0 Å². The molecular weight excluding hydrogens is 469 g/mol. The van der Waals surface area contributed by atoms with Gasteiger partial charge in [0.15, 0.2) is 0 Å². The van der Waals surface area contributed by atoms with Gasteiger partial charge < -0.3 is 15.4 Å². The normalized spacial score (nSPS) is 13.1. The number of nitrogens with zero attached hydrogens (tertiary/aromatic N) is 1. The summed E-state index contributed by atoms with van der Waals surface area (Å²) in [4.78, 5) is 8.90. The van der Waals surface area contributed by atoms with E-state index >= 15 is 0 Å². The number of carboxylic acid groups (broad SMARTS) is 1. The maximum atomic E-state index is 10.6. The number of hydrogen-bond acceptors (Lipinski definition) is 4. The lowest BCUT2D eigenvalue weighted by molar-refractivity contribution is -0.192. The molecule has 0 saturated carbocycles.